The van der Waals surface area contributed by atoms with Crippen LogP contribution >= 0.6 is 0 Å². The molecule has 4 heterocycles. The Morgan fingerprint density at radius 2 is 1.12 bits per heavy atom. The average molecular weight is 893 g/mol. The molecule has 1 aliphatic heterocycles. The van der Waals surface area contributed by atoms with Crippen molar-refractivity contribution in [3.8, 4) is 33.8 Å². The molecule has 0 fully saturated rings. The summed E-state index contributed by atoms with van der Waals surface area (Å²) < 4.78 is 21.9. The highest BCUT2D eigenvalue weighted by atomic mass is 16.6. The van der Waals surface area contributed by atoms with Gasteiger partial charge in [0.2, 0.25) is 0 Å². The predicted molar refractivity (Wildman–Crippen MR) is 240 cm³/mol. The summed E-state index contributed by atoms with van der Waals surface area (Å²) >= 11 is 0. The van der Waals surface area contributed by atoms with Gasteiger partial charge in [-0.2, -0.15) is 0 Å². The number of aromatic hydroxyl groups is 1. The first-order chi connectivity index (χ1) is 31.3. The lowest BCUT2D eigenvalue weighted by Crippen LogP contribution is -2.41. The number of hydrogen-bond acceptors (Lipinski definition) is 14. The lowest BCUT2D eigenvalue weighted by atomic mass is 9.99. The molecule has 3 aromatic heterocycles. The molecule has 0 unspecified atom stereocenters. The molecule has 344 valence electrons. The molecule has 4 N–H and O–H groups in total. The highest BCUT2D eigenvalue weighted by Crippen LogP contribution is 2.30. The van der Waals surface area contributed by atoms with E-state index >= 15 is 0 Å². The molecule has 1 aliphatic rings. The van der Waals surface area contributed by atoms with Crippen LogP contribution in [0, 0.1) is 13.8 Å². The fourth-order valence-corrected chi connectivity index (χ4v) is 7.65. The van der Waals surface area contributed by atoms with Crippen molar-refractivity contribution in [2.75, 3.05) is 79.5 Å². The summed E-state index contributed by atoms with van der Waals surface area (Å²) in [5, 5.41) is 40.1. The SMILES string of the molecule is COCCOCCOCCOc1ccc(-c2cc(CN3CCN(CC(=O)O)Cc4cccc(n4)CN(Cc4cc(-c5ccc(O)cc5C)cc(C(=O)O)n4)CC3)nc(C(=O)O)c2)c(C)c1. The summed E-state index contributed by atoms with van der Waals surface area (Å²) in [6.45, 7) is 9.10. The van der Waals surface area contributed by atoms with Gasteiger partial charge in [-0.15, -0.1) is 0 Å². The van der Waals surface area contributed by atoms with E-state index in [0.717, 1.165) is 27.9 Å². The Bertz CT molecular complexity index is 2430. The first-order valence-corrected chi connectivity index (χ1v) is 21.3. The number of pyridine rings is 3. The number of aliphatic carboxylic acids is 1. The summed E-state index contributed by atoms with van der Waals surface area (Å²) in [5.41, 5.74) is 6.81. The monoisotopic (exact) mass is 892 g/mol. The van der Waals surface area contributed by atoms with Crippen LogP contribution in [0.1, 0.15) is 54.9 Å². The number of aryl methyl sites for hydroxylation is 2. The second-order valence-corrected chi connectivity index (χ2v) is 15.8. The molecule has 17 heteroatoms. The lowest BCUT2D eigenvalue weighted by molar-refractivity contribution is -0.138. The van der Waals surface area contributed by atoms with Gasteiger partial charge in [0.1, 0.15) is 29.5 Å². The van der Waals surface area contributed by atoms with Crippen molar-refractivity contribution in [2.24, 2.45) is 0 Å². The van der Waals surface area contributed by atoms with E-state index in [4.69, 9.17) is 23.9 Å². The molecule has 65 heavy (non-hydrogen) atoms. The third-order valence-corrected chi connectivity index (χ3v) is 10.8. The number of benzene rings is 2. The second kappa shape index (κ2) is 23.5. The van der Waals surface area contributed by atoms with Crippen LogP contribution in [-0.2, 0) is 45.2 Å². The standard InChI is InChI=1S/C48H56N6O11/c1-32-21-40(55)7-9-42(32)34-24-39(51-45(25-34)48(60)61)30-53-13-11-52(12-14-54(31-46(56)57)28-37-6-4-5-36(27-53)49-37)29-38-23-35(26-44(50-38)47(58)59)43-10-8-41(22-33(43)2)65-20-19-64-18-17-63-16-15-62-3/h4-10,21-26,55H,11-20,27-31H2,1-3H3,(H,56,57)(H,58,59)(H,60,61). The van der Waals surface area contributed by atoms with Gasteiger partial charge in [0.15, 0.2) is 0 Å². The van der Waals surface area contributed by atoms with E-state index in [1.54, 1.807) is 31.4 Å². The van der Waals surface area contributed by atoms with Gasteiger partial charge >= 0.3 is 17.9 Å². The number of carbonyl (C=O) groups is 3. The third kappa shape index (κ3) is 14.6. The van der Waals surface area contributed by atoms with Gasteiger partial charge in [0.25, 0.3) is 0 Å². The zero-order valence-electron chi connectivity index (χ0n) is 36.9. The molecular weight excluding hydrogens is 837 g/mol. The van der Waals surface area contributed by atoms with E-state index in [0.29, 0.717) is 113 Å². The number of aromatic nitrogens is 3. The molecule has 0 amide bonds. The molecule has 0 saturated carbocycles. The third-order valence-electron chi connectivity index (χ3n) is 10.8. The van der Waals surface area contributed by atoms with Crippen molar-refractivity contribution < 1.29 is 53.8 Å². The number of rotatable bonds is 20. The van der Waals surface area contributed by atoms with E-state index in [-0.39, 0.29) is 36.8 Å². The summed E-state index contributed by atoms with van der Waals surface area (Å²) in [6.07, 6.45) is 0. The van der Waals surface area contributed by atoms with Gasteiger partial charge in [-0.3, -0.25) is 24.5 Å². The van der Waals surface area contributed by atoms with Gasteiger partial charge in [-0.25, -0.2) is 19.6 Å². The zero-order valence-corrected chi connectivity index (χ0v) is 36.9. The Morgan fingerprint density at radius 3 is 1.69 bits per heavy atom. The second-order valence-electron chi connectivity index (χ2n) is 15.8. The highest BCUT2D eigenvalue weighted by molar-refractivity contribution is 5.88. The van der Waals surface area contributed by atoms with Crippen LogP contribution in [0.2, 0.25) is 0 Å². The first kappa shape index (κ1) is 48.1. The van der Waals surface area contributed by atoms with Crippen LogP contribution in [0.25, 0.3) is 22.3 Å². The molecule has 0 atom stereocenters. The number of carboxylic acid groups (broad SMARTS) is 3. The maximum Gasteiger partial charge on any atom is 0.354 e. The number of aromatic carboxylic acids is 2. The van der Waals surface area contributed by atoms with Crippen molar-refractivity contribution >= 4 is 17.9 Å². The Labute approximate surface area is 377 Å². The molecule has 2 aromatic carbocycles. The van der Waals surface area contributed by atoms with Crippen molar-refractivity contribution in [3.05, 3.63) is 124 Å². The zero-order chi connectivity index (χ0) is 46.3. The summed E-state index contributed by atoms with van der Waals surface area (Å²) in [4.78, 5) is 56.8. The van der Waals surface area contributed by atoms with Crippen LogP contribution < -0.4 is 4.74 Å². The van der Waals surface area contributed by atoms with Crippen molar-refractivity contribution in [2.45, 2.75) is 40.0 Å². The highest BCUT2D eigenvalue weighted by Gasteiger charge is 2.21. The van der Waals surface area contributed by atoms with E-state index in [2.05, 4.69) is 19.8 Å². The molecule has 0 saturated heterocycles. The Kier molecular flexibility index (Phi) is 17.4. The number of hydrogen-bond donors (Lipinski definition) is 4. The van der Waals surface area contributed by atoms with E-state index in [1.807, 2.05) is 67.3 Å². The van der Waals surface area contributed by atoms with Crippen molar-refractivity contribution in [1.82, 2.24) is 29.7 Å². The Balaban J connectivity index is 1.25. The summed E-state index contributed by atoms with van der Waals surface area (Å²) in [5.74, 6) is -2.56. The molecule has 6 rings (SSSR count). The number of nitrogens with zero attached hydrogens (tertiary/aromatic N) is 6. The number of carboxylic acids is 3. The Hall–Kier alpha value is -6.34. The fourth-order valence-electron chi connectivity index (χ4n) is 7.65. The number of fused-ring (bicyclic) bond motifs is 2. The van der Waals surface area contributed by atoms with Crippen LogP contribution in [0.15, 0.2) is 78.9 Å². The van der Waals surface area contributed by atoms with Gasteiger partial charge in [-0.05, 0) is 108 Å². The smallest absolute Gasteiger partial charge is 0.354 e. The average Bonchev–Trinajstić information content (AvgIpc) is 3.26. The minimum absolute atomic E-state index is 0.106. The topological polar surface area (TPSA) is 217 Å². The quantitative estimate of drug-likeness (QED) is 0.0721. The molecule has 0 spiro atoms. The molecule has 2 bridgehead atoms. The Morgan fingerprint density at radius 1 is 0.600 bits per heavy atom. The number of methoxy groups -OCH3 is 1. The van der Waals surface area contributed by atoms with Crippen LogP contribution in [-0.4, -0.2) is 147 Å². The maximum absolute atomic E-state index is 12.5. The number of phenols is 1. The van der Waals surface area contributed by atoms with E-state index in [9.17, 15) is 34.8 Å². The maximum atomic E-state index is 12.5. The first-order valence-electron chi connectivity index (χ1n) is 21.3. The molecular formula is C48H56N6O11. The normalized spacial score (nSPS) is 14.1. The van der Waals surface area contributed by atoms with Crippen molar-refractivity contribution in [3.63, 3.8) is 0 Å². The van der Waals surface area contributed by atoms with Gasteiger partial charge in [0.05, 0.1) is 62.4 Å². The molecule has 17 nitrogen and oxygen atoms in total. The number of ether oxygens (including phenoxy) is 4. The summed E-state index contributed by atoms with van der Waals surface area (Å²) in [6, 6.07) is 23.0. The molecule has 0 radical (unpaired) electrons. The van der Waals surface area contributed by atoms with Crippen LogP contribution in [0.5, 0.6) is 11.5 Å². The lowest BCUT2D eigenvalue weighted by Gasteiger charge is -2.30. The minimum atomic E-state index is -1.17. The van der Waals surface area contributed by atoms with Crippen LogP contribution in [0.4, 0.5) is 0 Å². The molecule has 5 aromatic rings. The van der Waals surface area contributed by atoms with Gasteiger partial charge in [-0.1, -0.05) is 18.2 Å². The minimum Gasteiger partial charge on any atom is -0.508 e. The fraction of sp³-hybridized carbons (Fsp3) is 0.375. The van der Waals surface area contributed by atoms with E-state index < -0.39 is 17.9 Å². The van der Waals surface area contributed by atoms with Gasteiger partial charge < -0.3 is 39.4 Å². The largest absolute Gasteiger partial charge is 0.508 e. The van der Waals surface area contributed by atoms with E-state index in [1.165, 1.54) is 6.07 Å². The van der Waals surface area contributed by atoms with Crippen LogP contribution in [0.3, 0.4) is 0 Å². The summed E-state index contributed by atoms with van der Waals surface area (Å²) in [7, 11) is 1.62. The van der Waals surface area contributed by atoms with Gasteiger partial charge in [0, 0.05) is 59.5 Å². The molecule has 0 aliphatic carbocycles. The number of phenolic OH excluding ortho intramolecular Hbond substituents is 1. The van der Waals surface area contributed by atoms with Crippen molar-refractivity contribution in [1.29, 1.82) is 0 Å². The predicted octanol–water partition coefficient (Wildman–Crippen LogP) is 5.39.